The molecule has 2 aromatic rings. The summed E-state index contributed by atoms with van der Waals surface area (Å²) in [6.45, 7) is 2.25. The molecule has 0 saturated carbocycles. The molecular weight excluding hydrogens is 318 g/mol. The fourth-order valence-corrected chi connectivity index (χ4v) is 4.80. The van der Waals surface area contributed by atoms with Gasteiger partial charge in [-0.15, -0.1) is 11.3 Å². The fourth-order valence-electron chi connectivity index (χ4n) is 2.68. The van der Waals surface area contributed by atoms with E-state index >= 15 is 0 Å². The first-order valence-electron chi connectivity index (χ1n) is 7.55. The highest BCUT2D eigenvalue weighted by Gasteiger charge is 2.21. The standard InChI is InChI=1S/C15H19N3O2S2/c1-2-20-11(19)7-4-8-21-15-17-13(16)12-9-5-3-6-10(9)22-14(12)18-15/h2-8H2,1H3,(H2,16,17,18). The Labute approximate surface area is 137 Å². The van der Waals surface area contributed by atoms with Crippen LogP contribution >= 0.6 is 23.1 Å². The number of hydrogen-bond donors (Lipinski definition) is 1. The van der Waals surface area contributed by atoms with Crippen molar-refractivity contribution in [3.8, 4) is 0 Å². The van der Waals surface area contributed by atoms with Crippen molar-refractivity contribution in [1.82, 2.24) is 9.97 Å². The van der Waals surface area contributed by atoms with Crippen LogP contribution < -0.4 is 5.73 Å². The van der Waals surface area contributed by atoms with Crippen LogP contribution in [0.15, 0.2) is 5.16 Å². The summed E-state index contributed by atoms with van der Waals surface area (Å²) in [5.41, 5.74) is 7.49. The molecule has 0 fully saturated rings. The smallest absolute Gasteiger partial charge is 0.305 e. The number of esters is 1. The topological polar surface area (TPSA) is 78.1 Å². The van der Waals surface area contributed by atoms with Crippen molar-refractivity contribution in [2.45, 2.75) is 44.2 Å². The molecule has 0 saturated heterocycles. The number of aryl methyl sites for hydroxylation is 2. The molecule has 3 rings (SSSR count). The molecule has 0 bridgehead atoms. The van der Waals surface area contributed by atoms with Gasteiger partial charge in [-0.25, -0.2) is 9.97 Å². The minimum absolute atomic E-state index is 0.145. The van der Waals surface area contributed by atoms with Gasteiger partial charge in [0, 0.05) is 17.1 Å². The molecule has 7 heteroatoms. The van der Waals surface area contributed by atoms with E-state index in [0.29, 0.717) is 24.0 Å². The van der Waals surface area contributed by atoms with Crippen molar-refractivity contribution in [2.75, 3.05) is 18.1 Å². The van der Waals surface area contributed by atoms with Gasteiger partial charge in [0.25, 0.3) is 0 Å². The zero-order chi connectivity index (χ0) is 15.5. The average molecular weight is 337 g/mol. The maximum atomic E-state index is 11.3. The van der Waals surface area contributed by atoms with Crippen molar-refractivity contribution in [2.24, 2.45) is 0 Å². The molecule has 118 valence electrons. The summed E-state index contributed by atoms with van der Waals surface area (Å²) in [7, 11) is 0. The molecule has 5 nitrogen and oxygen atoms in total. The van der Waals surface area contributed by atoms with E-state index in [4.69, 9.17) is 10.5 Å². The van der Waals surface area contributed by atoms with Crippen LogP contribution in [0.1, 0.15) is 36.6 Å². The third-order valence-electron chi connectivity index (χ3n) is 3.63. The Morgan fingerprint density at radius 2 is 2.27 bits per heavy atom. The molecule has 1 aliphatic rings. The van der Waals surface area contributed by atoms with E-state index < -0.39 is 0 Å². The van der Waals surface area contributed by atoms with Crippen LogP contribution in [0, 0.1) is 0 Å². The van der Waals surface area contributed by atoms with Crippen molar-refractivity contribution < 1.29 is 9.53 Å². The number of nitrogen functional groups attached to an aromatic ring is 1. The van der Waals surface area contributed by atoms with E-state index in [1.54, 1.807) is 23.1 Å². The molecule has 2 heterocycles. The first kappa shape index (κ1) is 15.6. The average Bonchev–Trinajstić information content (AvgIpc) is 3.04. The molecule has 1 aliphatic carbocycles. The van der Waals surface area contributed by atoms with Crippen LogP contribution in [0.5, 0.6) is 0 Å². The van der Waals surface area contributed by atoms with Crippen LogP contribution in [0.2, 0.25) is 0 Å². The van der Waals surface area contributed by atoms with Crippen LogP contribution in [0.25, 0.3) is 10.2 Å². The van der Waals surface area contributed by atoms with Crippen LogP contribution in [0.4, 0.5) is 5.82 Å². The highest BCUT2D eigenvalue weighted by molar-refractivity contribution is 7.99. The lowest BCUT2D eigenvalue weighted by Gasteiger charge is -2.04. The minimum Gasteiger partial charge on any atom is -0.466 e. The van der Waals surface area contributed by atoms with Gasteiger partial charge in [0.15, 0.2) is 5.16 Å². The lowest BCUT2D eigenvalue weighted by Crippen LogP contribution is -2.04. The quantitative estimate of drug-likeness (QED) is 0.377. The second-order valence-corrected chi connectivity index (χ2v) is 7.33. The summed E-state index contributed by atoms with van der Waals surface area (Å²) in [4.78, 5) is 22.8. The Morgan fingerprint density at radius 1 is 1.41 bits per heavy atom. The number of ether oxygens (including phenoxy) is 1. The van der Waals surface area contributed by atoms with E-state index in [1.165, 1.54) is 16.9 Å². The van der Waals surface area contributed by atoms with Crippen molar-refractivity contribution in [3.05, 3.63) is 10.4 Å². The van der Waals surface area contributed by atoms with Gasteiger partial charge in [-0.1, -0.05) is 11.8 Å². The number of carbonyl (C=O) groups excluding carboxylic acids is 1. The Balaban J connectivity index is 1.64. The van der Waals surface area contributed by atoms with E-state index in [0.717, 1.165) is 35.2 Å². The Bertz CT molecular complexity index is 700. The third kappa shape index (κ3) is 3.20. The van der Waals surface area contributed by atoms with Crippen LogP contribution in [0.3, 0.4) is 0 Å². The van der Waals surface area contributed by atoms with E-state index in [9.17, 15) is 4.79 Å². The number of nitrogens with zero attached hydrogens (tertiary/aromatic N) is 2. The van der Waals surface area contributed by atoms with E-state index in [-0.39, 0.29) is 5.97 Å². The van der Waals surface area contributed by atoms with Gasteiger partial charge in [0.05, 0.1) is 12.0 Å². The molecule has 0 aliphatic heterocycles. The SMILES string of the molecule is CCOC(=O)CCCSc1nc(N)c2c3c(sc2n1)CCC3. The lowest BCUT2D eigenvalue weighted by molar-refractivity contribution is -0.143. The predicted octanol–water partition coefficient (Wildman–Crippen LogP) is 3.20. The van der Waals surface area contributed by atoms with Gasteiger partial charge >= 0.3 is 5.97 Å². The van der Waals surface area contributed by atoms with Gasteiger partial charge in [-0.2, -0.15) is 0 Å². The molecular formula is C15H19N3O2S2. The Morgan fingerprint density at radius 3 is 3.09 bits per heavy atom. The van der Waals surface area contributed by atoms with Crippen LogP contribution in [-0.4, -0.2) is 28.3 Å². The Kier molecular flexibility index (Phi) is 4.83. The molecule has 0 amide bonds. The number of thioether (sulfide) groups is 1. The second-order valence-electron chi connectivity index (χ2n) is 5.19. The monoisotopic (exact) mass is 337 g/mol. The Hall–Kier alpha value is -1.34. The highest BCUT2D eigenvalue weighted by Crippen LogP contribution is 2.39. The number of thiophene rings is 1. The predicted molar refractivity (Wildman–Crippen MR) is 90.4 cm³/mol. The largest absolute Gasteiger partial charge is 0.466 e. The lowest BCUT2D eigenvalue weighted by atomic mass is 10.2. The number of nitrogens with two attached hydrogens (primary N) is 1. The maximum Gasteiger partial charge on any atom is 0.305 e. The summed E-state index contributed by atoms with van der Waals surface area (Å²) in [5, 5.41) is 1.77. The number of fused-ring (bicyclic) bond motifs is 3. The van der Waals surface area contributed by atoms with Crippen LogP contribution in [-0.2, 0) is 22.4 Å². The third-order valence-corrected chi connectivity index (χ3v) is 5.75. The van der Waals surface area contributed by atoms with Crippen molar-refractivity contribution >= 4 is 45.1 Å². The molecule has 0 radical (unpaired) electrons. The minimum atomic E-state index is -0.145. The molecule has 0 atom stereocenters. The summed E-state index contributed by atoms with van der Waals surface area (Å²) < 4.78 is 4.91. The summed E-state index contributed by atoms with van der Waals surface area (Å²) in [6.07, 6.45) is 4.63. The van der Waals surface area contributed by atoms with Gasteiger partial charge in [-0.05, 0) is 38.2 Å². The van der Waals surface area contributed by atoms with Gasteiger partial charge in [0.2, 0.25) is 0 Å². The molecule has 2 N–H and O–H groups in total. The number of rotatable bonds is 6. The molecule has 22 heavy (non-hydrogen) atoms. The molecule has 0 spiro atoms. The summed E-state index contributed by atoms with van der Waals surface area (Å²) in [5.74, 6) is 1.24. The first-order chi connectivity index (χ1) is 10.7. The second kappa shape index (κ2) is 6.83. The van der Waals surface area contributed by atoms with E-state index in [1.807, 2.05) is 6.92 Å². The number of anilines is 1. The van der Waals surface area contributed by atoms with E-state index in [2.05, 4.69) is 9.97 Å². The molecule has 0 unspecified atom stereocenters. The van der Waals surface area contributed by atoms with Crippen molar-refractivity contribution in [1.29, 1.82) is 0 Å². The van der Waals surface area contributed by atoms with Gasteiger partial charge in [0.1, 0.15) is 10.6 Å². The first-order valence-corrected chi connectivity index (χ1v) is 9.35. The number of hydrogen-bond acceptors (Lipinski definition) is 7. The molecule has 0 aromatic carbocycles. The van der Waals surface area contributed by atoms with Crippen molar-refractivity contribution in [3.63, 3.8) is 0 Å². The number of carbonyl (C=O) groups is 1. The fraction of sp³-hybridized carbons (Fsp3) is 0.533. The highest BCUT2D eigenvalue weighted by atomic mass is 32.2. The van der Waals surface area contributed by atoms with Gasteiger partial charge < -0.3 is 10.5 Å². The van der Waals surface area contributed by atoms with Gasteiger partial charge in [-0.3, -0.25) is 4.79 Å². The summed E-state index contributed by atoms with van der Waals surface area (Å²) in [6, 6.07) is 0. The summed E-state index contributed by atoms with van der Waals surface area (Å²) >= 11 is 3.29. The maximum absolute atomic E-state index is 11.3. The molecule has 2 aromatic heterocycles. The zero-order valence-corrected chi connectivity index (χ0v) is 14.2. The normalized spacial score (nSPS) is 13.5. The zero-order valence-electron chi connectivity index (χ0n) is 12.6. The number of aromatic nitrogens is 2.